The highest BCUT2D eigenvalue weighted by molar-refractivity contribution is 7.80. The van der Waals surface area contributed by atoms with Crippen molar-refractivity contribution in [2.45, 2.75) is 32.5 Å². The summed E-state index contributed by atoms with van der Waals surface area (Å²) in [4.78, 5) is 18.4. The number of ether oxygens (including phenoxy) is 1. The van der Waals surface area contributed by atoms with Crippen LogP contribution in [0.4, 0.5) is 11.4 Å². The Morgan fingerprint density at radius 2 is 2.10 bits per heavy atom. The van der Waals surface area contributed by atoms with Gasteiger partial charge in [-0.25, -0.2) is 0 Å². The first-order valence-corrected chi connectivity index (χ1v) is 10.6. The lowest BCUT2D eigenvalue weighted by Gasteiger charge is -2.29. The number of aromatic nitrogens is 2. The molecule has 8 heteroatoms. The summed E-state index contributed by atoms with van der Waals surface area (Å²) in [6.07, 6.45) is 3.86. The number of nitrogens with zero attached hydrogens (tertiary/aromatic N) is 3. The lowest BCUT2D eigenvalue weighted by Crippen LogP contribution is -2.30. The van der Waals surface area contributed by atoms with Crippen LogP contribution in [0, 0.1) is 0 Å². The highest BCUT2D eigenvalue weighted by Gasteiger charge is 2.42. The van der Waals surface area contributed by atoms with Gasteiger partial charge in [-0.05, 0) is 61.6 Å². The normalized spacial score (nSPS) is 18.0. The van der Waals surface area contributed by atoms with E-state index < -0.39 is 0 Å². The third-order valence-corrected chi connectivity index (χ3v) is 5.69. The summed E-state index contributed by atoms with van der Waals surface area (Å²) >= 11 is 5.78. The Labute approximate surface area is 187 Å². The Morgan fingerprint density at radius 3 is 2.77 bits per heavy atom. The highest BCUT2D eigenvalue weighted by atomic mass is 32.1. The molecule has 1 fully saturated rings. The number of methoxy groups -OCH3 is 1. The SMILES string of the molecule is CCn1cccc1[C@H]1[C@@H](c2ccccn2)NC(=S)N1c1ccc(OC)c(NC(C)=O)c1. The molecule has 3 aromatic rings. The number of carbonyl (C=O) groups excluding carboxylic acids is 1. The van der Waals surface area contributed by atoms with Gasteiger partial charge in [0, 0.05) is 37.2 Å². The summed E-state index contributed by atoms with van der Waals surface area (Å²) in [6, 6.07) is 15.5. The molecule has 4 rings (SSSR count). The number of pyridine rings is 1. The number of rotatable bonds is 6. The Bertz CT molecular complexity index is 1100. The van der Waals surface area contributed by atoms with Crippen LogP contribution in [-0.2, 0) is 11.3 Å². The molecular formula is C23H25N5O2S. The number of thiocarbonyl (C=S) groups is 1. The molecule has 2 N–H and O–H groups in total. The molecule has 1 amide bonds. The van der Waals surface area contributed by atoms with Crippen molar-refractivity contribution in [2.75, 3.05) is 17.3 Å². The fourth-order valence-corrected chi connectivity index (χ4v) is 4.40. The van der Waals surface area contributed by atoms with Crippen LogP contribution in [0.1, 0.15) is 37.3 Å². The maximum Gasteiger partial charge on any atom is 0.221 e. The van der Waals surface area contributed by atoms with E-state index in [9.17, 15) is 4.79 Å². The van der Waals surface area contributed by atoms with Gasteiger partial charge in [0.1, 0.15) is 11.8 Å². The van der Waals surface area contributed by atoms with Crippen LogP contribution in [-0.4, -0.2) is 27.7 Å². The number of benzene rings is 1. The van der Waals surface area contributed by atoms with E-state index in [-0.39, 0.29) is 18.0 Å². The monoisotopic (exact) mass is 435 g/mol. The fraction of sp³-hybridized carbons (Fsp3) is 0.261. The number of aryl methyl sites for hydroxylation is 1. The molecule has 2 aromatic heterocycles. The molecule has 3 heterocycles. The summed E-state index contributed by atoms with van der Waals surface area (Å²) in [5, 5.41) is 6.91. The Morgan fingerprint density at radius 1 is 1.26 bits per heavy atom. The van der Waals surface area contributed by atoms with Crippen molar-refractivity contribution in [1.29, 1.82) is 0 Å². The minimum Gasteiger partial charge on any atom is -0.495 e. The van der Waals surface area contributed by atoms with Crippen LogP contribution in [0.5, 0.6) is 5.75 Å². The van der Waals surface area contributed by atoms with Crippen molar-refractivity contribution in [3.63, 3.8) is 0 Å². The molecule has 2 atom stereocenters. The van der Waals surface area contributed by atoms with Gasteiger partial charge in [-0.1, -0.05) is 6.07 Å². The van der Waals surface area contributed by atoms with Crippen LogP contribution < -0.4 is 20.3 Å². The summed E-state index contributed by atoms with van der Waals surface area (Å²) in [5.41, 5.74) is 3.50. The first-order valence-electron chi connectivity index (χ1n) is 10.1. The molecule has 1 aromatic carbocycles. The van der Waals surface area contributed by atoms with Crippen LogP contribution in [0.2, 0.25) is 0 Å². The van der Waals surface area contributed by atoms with Crippen LogP contribution in [0.3, 0.4) is 0 Å². The maximum atomic E-state index is 11.7. The average molecular weight is 436 g/mol. The van der Waals surface area contributed by atoms with Gasteiger partial charge in [-0.3, -0.25) is 9.78 Å². The van der Waals surface area contributed by atoms with Crippen molar-refractivity contribution >= 4 is 34.6 Å². The zero-order valence-corrected chi connectivity index (χ0v) is 18.5. The topological polar surface area (TPSA) is 71.4 Å². The molecular weight excluding hydrogens is 410 g/mol. The van der Waals surface area contributed by atoms with E-state index in [0.717, 1.165) is 23.6 Å². The number of anilines is 2. The predicted molar refractivity (Wildman–Crippen MR) is 125 cm³/mol. The molecule has 7 nitrogen and oxygen atoms in total. The Hall–Kier alpha value is -3.39. The Kier molecular flexibility index (Phi) is 5.90. The second-order valence-corrected chi connectivity index (χ2v) is 7.67. The maximum absolute atomic E-state index is 11.7. The smallest absolute Gasteiger partial charge is 0.221 e. The summed E-state index contributed by atoms with van der Waals surface area (Å²) in [7, 11) is 1.58. The molecule has 160 valence electrons. The number of carbonyl (C=O) groups is 1. The van der Waals surface area contributed by atoms with E-state index in [0.29, 0.717) is 16.5 Å². The largest absolute Gasteiger partial charge is 0.495 e. The van der Waals surface area contributed by atoms with Crippen molar-refractivity contribution in [3.8, 4) is 5.75 Å². The van der Waals surface area contributed by atoms with Crippen LogP contribution >= 0.6 is 12.2 Å². The molecule has 0 spiro atoms. The molecule has 0 saturated carbocycles. The molecule has 1 aliphatic heterocycles. The van der Waals surface area contributed by atoms with Gasteiger partial charge in [0.2, 0.25) is 5.91 Å². The lowest BCUT2D eigenvalue weighted by atomic mass is 10.0. The van der Waals surface area contributed by atoms with Crippen LogP contribution in [0.25, 0.3) is 0 Å². The fourth-order valence-electron chi connectivity index (χ4n) is 4.05. The standard InChI is InChI=1S/C23H25N5O2S/c1-4-27-13-7-9-19(27)22-21(17-8-5-6-12-24-17)26-23(31)28(22)16-10-11-20(30-3)18(14-16)25-15(2)29/h5-14,21-22H,4H2,1-3H3,(H,25,29)(H,26,31)/t21-,22+/m1/s1. The molecule has 0 radical (unpaired) electrons. The molecule has 1 saturated heterocycles. The van der Waals surface area contributed by atoms with E-state index in [1.54, 1.807) is 13.3 Å². The lowest BCUT2D eigenvalue weighted by molar-refractivity contribution is -0.114. The van der Waals surface area contributed by atoms with Crippen molar-refractivity contribution < 1.29 is 9.53 Å². The van der Waals surface area contributed by atoms with E-state index in [1.807, 2.05) is 42.5 Å². The predicted octanol–water partition coefficient (Wildman–Crippen LogP) is 4.05. The second-order valence-electron chi connectivity index (χ2n) is 7.28. The van der Waals surface area contributed by atoms with Gasteiger partial charge in [-0.15, -0.1) is 0 Å². The van der Waals surface area contributed by atoms with E-state index in [4.69, 9.17) is 17.0 Å². The summed E-state index contributed by atoms with van der Waals surface area (Å²) < 4.78 is 7.63. The van der Waals surface area contributed by atoms with E-state index in [2.05, 4.69) is 44.3 Å². The minimum absolute atomic E-state index is 0.115. The van der Waals surface area contributed by atoms with Gasteiger partial charge >= 0.3 is 0 Å². The van der Waals surface area contributed by atoms with Crippen molar-refractivity contribution in [1.82, 2.24) is 14.9 Å². The molecule has 0 aliphatic carbocycles. The second kappa shape index (κ2) is 8.77. The Balaban J connectivity index is 1.83. The van der Waals surface area contributed by atoms with Crippen molar-refractivity contribution in [3.05, 3.63) is 72.3 Å². The quantitative estimate of drug-likeness (QED) is 0.570. The van der Waals surface area contributed by atoms with Gasteiger partial charge in [0.25, 0.3) is 0 Å². The first-order chi connectivity index (χ1) is 15.0. The number of nitrogens with one attached hydrogen (secondary N) is 2. The number of hydrogen-bond acceptors (Lipinski definition) is 4. The van der Waals surface area contributed by atoms with Gasteiger partial charge in [-0.2, -0.15) is 0 Å². The third kappa shape index (κ3) is 3.98. The third-order valence-electron chi connectivity index (χ3n) is 5.38. The molecule has 0 bridgehead atoms. The van der Waals surface area contributed by atoms with Gasteiger partial charge in [0.05, 0.1) is 24.5 Å². The van der Waals surface area contributed by atoms with E-state index >= 15 is 0 Å². The summed E-state index contributed by atoms with van der Waals surface area (Å²) in [5.74, 6) is 0.423. The minimum atomic E-state index is -0.166. The first kappa shape index (κ1) is 20.9. The summed E-state index contributed by atoms with van der Waals surface area (Å²) in [6.45, 7) is 4.43. The average Bonchev–Trinajstić information content (AvgIpc) is 3.37. The van der Waals surface area contributed by atoms with E-state index in [1.165, 1.54) is 6.92 Å². The van der Waals surface area contributed by atoms with Crippen molar-refractivity contribution in [2.24, 2.45) is 0 Å². The molecule has 1 aliphatic rings. The number of amides is 1. The molecule has 31 heavy (non-hydrogen) atoms. The highest BCUT2D eigenvalue weighted by Crippen LogP contribution is 2.43. The number of hydrogen-bond donors (Lipinski definition) is 2. The zero-order chi connectivity index (χ0) is 22.0. The van der Waals surface area contributed by atoms with Crippen LogP contribution in [0.15, 0.2) is 60.9 Å². The zero-order valence-electron chi connectivity index (χ0n) is 17.7. The molecule has 0 unspecified atom stereocenters. The van der Waals surface area contributed by atoms with Gasteiger partial charge in [0.15, 0.2) is 5.11 Å². The van der Waals surface area contributed by atoms with Gasteiger partial charge < -0.3 is 24.8 Å².